The second-order valence-electron chi connectivity index (χ2n) is 5.16. The SMILES string of the molecule is CC(C)c1ccccc1NCC(O)c1ccccc1Cl. The molecule has 0 aliphatic heterocycles. The van der Waals surface area contributed by atoms with E-state index in [1.165, 1.54) is 5.56 Å². The molecule has 2 N–H and O–H groups in total. The second kappa shape index (κ2) is 6.78. The number of aliphatic hydroxyl groups is 1. The van der Waals surface area contributed by atoms with Crippen molar-refractivity contribution >= 4 is 17.3 Å². The lowest BCUT2D eigenvalue weighted by molar-refractivity contribution is 0.191. The third kappa shape index (κ3) is 3.53. The number of para-hydroxylation sites is 1. The molecule has 1 unspecified atom stereocenters. The lowest BCUT2D eigenvalue weighted by Gasteiger charge is -2.18. The van der Waals surface area contributed by atoms with Gasteiger partial charge in [0.25, 0.3) is 0 Å². The molecule has 0 bridgehead atoms. The minimum absolute atomic E-state index is 0.438. The van der Waals surface area contributed by atoms with E-state index in [-0.39, 0.29) is 0 Å². The van der Waals surface area contributed by atoms with Crippen molar-refractivity contribution in [1.29, 1.82) is 0 Å². The molecule has 0 radical (unpaired) electrons. The summed E-state index contributed by atoms with van der Waals surface area (Å²) in [4.78, 5) is 0. The van der Waals surface area contributed by atoms with Crippen LogP contribution in [0, 0.1) is 0 Å². The summed E-state index contributed by atoms with van der Waals surface area (Å²) in [6.45, 7) is 4.75. The number of rotatable bonds is 5. The van der Waals surface area contributed by atoms with Crippen molar-refractivity contribution in [2.75, 3.05) is 11.9 Å². The van der Waals surface area contributed by atoms with Gasteiger partial charge in [0, 0.05) is 22.8 Å². The average molecular weight is 290 g/mol. The summed E-state index contributed by atoms with van der Waals surface area (Å²) in [5.41, 5.74) is 3.07. The minimum atomic E-state index is -0.621. The van der Waals surface area contributed by atoms with Crippen LogP contribution < -0.4 is 5.32 Å². The first kappa shape index (κ1) is 14.9. The van der Waals surface area contributed by atoms with Crippen molar-refractivity contribution in [3.8, 4) is 0 Å². The number of benzene rings is 2. The van der Waals surface area contributed by atoms with E-state index in [0.717, 1.165) is 11.3 Å². The molecule has 2 nitrogen and oxygen atoms in total. The Balaban J connectivity index is 2.08. The maximum atomic E-state index is 10.2. The van der Waals surface area contributed by atoms with Gasteiger partial charge in [-0.15, -0.1) is 0 Å². The van der Waals surface area contributed by atoms with Gasteiger partial charge >= 0.3 is 0 Å². The van der Waals surface area contributed by atoms with Gasteiger partial charge in [0.15, 0.2) is 0 Å². The summed E-state index contributed by atoms with van der Waals surface area (Å²) >= 11 is 6.09. The molecule has 0 aliphatic carbocycles. The molecular formula is C17H20ClNO. The van der Waals surface area contributed by atoms with Crippen molar-refractivity contribution < 1.29 is 5.11 Å². The lowest BCUT2D eigenvalue weighted by atomic mass is 10.0. The molecule has 20 heavy (non-hydrogen) atoms. The maximum absolute atomic E-state index is 10.2. The molecule has 0 amide bonds. The topological polar surface area (TPSA) is 32.3 Å². The summed E-state index contributed by atoms with van der Waals surface area (Å²) in [6.07, 6.45) is -0.621. The quantitative estimate of drug-likeness (QED) is 0.842. The Morgan fingerprint density at radius 1 is 1.00 bits per heavy atom. The highest BCUT2D eigenvalue weighted by Crippen LogP contribution is 2.26. The van der Waals surface area contributed by atoms with E-state index in [0.29, 0.717) is 17.5 Å². The molecule has 106 valence electrons. The molecule has 0 aromatic heterocycles. The fourth-order valence-corrected chi connectivity index (χ4v) is 2.49. The van der Waals surface area contributed by atoms with Gasteiger partial charge < -0.3 is 10.4 Å². The Labute approximate surface area is 125 Å². The largest absolute Gasteiger partial charge is 0.387 e. The van der Waals surface area contributed by atoms with Gasteiger partial charge in [0.05, 0.1) is 6.10 Å². The fraction of sp³-hybridized carbons (Fsp3) is 0.294. The van der Waals surface area contributed by atoms with Crippen LogP contribution in [-0.2, 0) is 0 Å². The summed E-state index contributed by atoms with van der Waals surface area (Å²) in [5.74, 6) is 0.441. The highest BCUT2D eigenvalue weighted by atomic mass is 35.5. The van der Waals surface area contributed by atoms with Crippen LogP contribution in [0.1, 0.15) is 37.0 Å². The number of hydrogen-bond acceptors (Lipinski definition) is 2. The minimum Gasteiger partial charge on any atom is -0.387 e. The van der Waals surface area contributed by atoms with Crippen molar-refractivity contribution in [2.24, 2.45) is 0 Å². The second-order valence-corrected chi connectivity index (χ2v) is 5.57. The summed E-state index contributed by atoms with van der Waals surface area (Å²) in [6, 6.07) is 15.6. The molecule has 0 fully saturated rings. The van der Waals surface area contributed by atoms with Gasteiger partial charge in [-0.3, -0.25) is 0 Å². The van der Waals surface area contributed by atoms with Crippen LogP contribution in [-0.4, -0.2) is 11.7 Å². The fourth-order valence-electron chi connectivity index (χ4n) is 2.22. The molecule has 2 aromatic rings. The first-order valence-corrected chi connectivity index (χ1v) is 7.22. The number of aliphatic hydroxyl groups excluding tert-OH is 1. The van der Waals surface area contributed by atoms with Gasteiger partial charge in [0.2, 0.25) is 0 Å². The lowest BCUT2D eigenvalue weighted by Crippen LogP contribution is -2.13. The van der Waals surface area contributed by atoms with E-state index in [9.17, 15) is 5.11 Å². The highest BCUT2D eigenvalue weighted by molar-refractivity contribution is 6.31. The van der Waals surface area contributed by atoms with Crippen LogP contribution in [0.2, 0.25) is 5.02 Å². The van der Waals surface area contributed by atoms with Crippen molar-refractivity contribution in [1.82, 2.24) is 0 Å². The smallest absolute Gasteiger partial charge is 0.0976 e. The van der Waals surface area contributed by atoms with Gasteiger partial charge in [-0.25, -0.2) is 0 Å². The predicted molar refractivity (Wildman–Crippen MR) is 85.4 cm³/mol. The van der Waals surface area contributed by atoms with Crippen LogP contribution in [0.15, 0.2) is 48.5 Å². The van der Waals surface area contributed by atoms with E-state index >= 15 is 0 Å². The molecule has 3 heteroatoms. The Bertz CT molecular complexity index is 568. The number of anilines is 1. The van der Waals surface area contributed by atoms with Gasteiger partial charge in [0.1, 0.15) is 0 Å². The predicted octanol–water partition coefficient (Wildman–Crippen LogP) is 4.61. The normalized spacial score (nSPS) is 12.4. The van der Waals surface area contributed by atoms with Crippen molar-refractivity contribution in [2.45, 2.75) is 25.9 Å². The summed E-state index contributed by atoms with van der Waals surface area (Å²) in [7, 11) is 0. The summed E-state index contributed by atoms with van der Waals surface area (Å²) in [5, 5.41) is 14.2. The zero-order valence-corrected chi connectivity index (χ0v) is 12.6. The molecule has 2 rings (SSSR count). The van der Waals surface area contributed by atoms with Crippen LogP contribution in [0.25, 0.3) is 0 Å². The number of nitrogens with one attached hydrogen (secondary N) is 1. The number of halogens is 1. The van der Waals surface area contributed by atoms with E-state index in [2.05, 4.69) is 25.2 Å². The van der Waals surface area contributed by atoms with Crippen LogP contribution in [0.5, 0.6) is 0 Å². The molecule has 0 aliphatic rings. The highest BCUT2D eigenvalue weighted by Gasteiger charge is 2.12. The third-order valence-corrected chi connectivity index (χ3v) is 3.68. The van der Waals surface area contributed by atoms with Crippen LogP contribution in [0.4, 0.5) is 5.69 Å². The van der Waals surface area contributed by atoms with Gasteiger partial charge in [-0.1, -0.05) is 61.8 Å². The van der Waals surface area contributed by atoms with Crippen LogP contribution >= 0.6 is 11.6 Å². The molecular weight excluding hydrogens is 270 g/mol. The van der Waals surface area contributed by atoms with E-state index in [1.807, 2.05) is 36.4 Å². The molecule has 0 saturated heterocycles. The Hall–Kier alpha value is -1.51. The zero-order valence-electron chi connectivity index (χ0n) is 11.8. The van der Waals surface area contributed by atoms with Crippen LogP contribution in [0.3, 0.4) is 0 Å². The maximum Gasteiger partial charge on any atom is 0.0976 e. The van der Waals surface area contributed by atoms with E-state index in [4.69, 9.17) is 11.6 Å². The average Bonchev–Trinajstić information content (AvgIpc) is 2.45. The Morgan fingerprint density at radius 2 is 1.60 bits per heavy atom. The third-order valence-electron chi connectivity index (χ3n) is 3.33. The van der Waals surface area contributed by atoms with Gasteiger partial charge in [-0.05, 0) is 23.6 Å². The molecule has 0 heterocycles. The van der Waals surface area contributed by atoms with E-state index in [1.54, 1.807) is 6.07 Å². The molecule has 2 aromatic carbocycles. The standard InChI is InChI=1S/C17H20ClNO/c1-12(2)13-7-4-6-10-16(13)19-11-17(20)14-8-3-5-9-15(14)18/h3-10,12,17,19-20H,11H2,1-2H3. The van der Waals surface area contributed by atoms with Crippen molar-refractivity contribution in [3.63, 3.8) is 0 Å². The number of hydrogen-bond donors (Lipinski definition) is 2. The summed E-state index contributed by atoms with van der Waals surface area (Å²) < 4.78 is 0. The first-order valence-electron chi connectivity index (χ1n) is 6.85. The van der Waals surface area contributed by atoms with E-state index < -0.39 is 6.10 Å². The zero-order chi connectivity index (χ0) is 14.5. The molecule has 0 saturated carbocycles. The molecule has 1 atom stereocenters. The van der Waals surface area contributed by atoms with Crippen molar-refractivity contribution in [3.05, 3.63) is 64.7 Å². The monoisotopic (exact) mass is 289 g/mol. The first-order chi connectivity index (χ1) is 9.59. The van der Waals surface area contributed by atoms with Gasteiger partial charge in [-0.2, -0.15) is 0 Å². The molecule has 0 spiro atoms. The Morgan fingerprint density at radius 3 is 2.25 bits per heavy atom. The Kier molecular flexibility index (Phi) is 5.05.